The molecule has 1 amide bonds. The summed E-state index contributed by atoms with van der Waals surface area (Å²) in [5.41, 5.74) is 0.453. The number of esters is 1. The number of carbonyl (C=O) groups is 4. The first-order valence-electron chi connectivity index (χ1n) is 7.65. The Morgan fingerprint density at radius 2 is 1.96 bits per heavy atom. The highest BCUT2D eigenvalue weighted by molar-refractivity contribution is 8.14. The summed E-state index contributed by atoms with van der Waals surface area (Å²) in [6.45, 7) is 1.36. The summed E-state index contributed by atoms with van der Waals surface area (Å²) < 4.78 is 4.73. The molecule has 25 heavy (non-hydrogen) atoms. The third-order valence-corrected chi connectivity index (χ3v) is 5.70. The number of Topliss-reactive ketones (excluding diaryl/α,β-unsaturated/α-hetero) is 1. The summed E-state index contributed by atoms with van der Waals surface area (Å²) in [7, 11) is 1.28. The quantitative estimate of drug-likeness (QED) is 0.550. The Morgan fingerprint density at radius 1 is 1.28 bits per heavy atom. The van der Waals surface area contributed by atoms with Crippen LogP contribution < -0.4 is 0 Å². The minimum absolute atomic E-state index is 0.133. The fourth-order valence-electron chi connectivity index (χ4n) is 2.47. The van der Waals surface area contributed by atoms with Crippen LogP contribution in [-0.4, -0.2) is 57.7 Å². The Kier molecular flexibility index (Phi) is 7.07. The summed E-state index contributed by atoms with van der Waals surface area (Å²) >= 11 is 2.30. The van der Waals surface area contributed by atoms with Gasteiger partial charge in [-0.2, -0.15) is 0 Å². The third-order valence-electron chi connectivity index (χ3n) is 3.69. The van der Waals surface area contributed by atoms with E-state index in [1.807, 2.05) is 0 Å². The summed E-state index contributed by atoms with van der Waals surface area (Å²) in [6.07, 6.45) is -0.133. The average Bonchev–Trinajstić information content (AvgIpc) is 3.10. The van der Waals surface area contributed by atoms with Crippen molar-refractivity contribution in [2.75, 3.05) is 18.7 Å². The monoisotopic (exact) mass is 381 g/mol. The van der Waals surface area contributed by atoms with Crippen LogP contribution >= 0.6 is 23.5 Å². The minimum Gasteiger partial charge on any atom is -0.467 e. The molecule has 1 heterocycles. The van der Waals surface area contributed by atoms with E-state index in [9.17, 15) is 19.2 Å². The van der Waals surface area contributed by atoms with Gasteiger partial charge in [0.25, 0.3) is 0 Å². The number of ether oxygens (including phenoxy) is 1. The fraction of sp³-hybridized carbons (Fsp3) is 0.412. The lowest BCUT2D eigenvalue weighted by atomic mass is 10.1. The second-order valence-electron chi connectivity index (χ2n) is 5.43. The zero-order valence-electron chi connectivity index (χ0n) is 14.0. The topological polar surface area (TPSA) is 80.8 Å². The van der Waals surface area contributed by atoms with Gasteiger partial charge in [-0.15, -0.1) is 11.8 Å². The predicted molar refractivity (Wildman–Crippen MR) is 97.4 cm³/mol. The van der Waals surface area contributed by atoms with Crippen molar-refractivity contribution < 1.29 is 23.9 Å². The molecule has 0 radical (unpaired) electrons. The van der Waals surface area contributed by atoms with Gasteiger partial charge in [0.05, 0.1) is 18.2 Å². The van der Waals surface area contributed by atoms with Crippen molar-refractivity contribution in [3.63, 3.8) is 0 Å². The molecule has 1 unspecified atom stereocenters. The second kappa shape index (κ2) is 9.05. The molecule has 1 aliphatic heterocycles. The molecule has 0 spiro atoms. The number of amides is 1. The molecule has 0 N–H and O–H groups in total. The predicted octanol–water partition coefficient (Wildman–Crippen LogP) is 1.98. The van der Waals surface area contributed by atoms with Gasteiger partial charge in [0.2, 0.25) is 5.91 Å². The lowest BCUT2D eigenvalue weighted by molar-refractivity contribution is -0.150. The van der Waals surface area contributed by atoms with Crippen molar-refractivity contribution in [2.24, 2.45) is 0 Å². The second-order valence-corrected chi connectivity index (χ2v) is 7.81. The molecule has 0 bridgehead atoms. The van der Waals surface area contributed by atoms with Gasteiger partial charge in [-0.05, 0) is 0 Å². The number of benzene rings is 1. The highest BCUT2D eigenvalue weighted by Gasteiger charge is 2.37. The van der Waals surface area contributed by atoms with Gasteiger partial charge in [0.15, 0.2) is 10.9 Å². The van der Waals surface area contributed by atoms with Gasteiger partial charge < -0.3 is 9.64 Å². The van der Waals surface area contributed by atoms with Crippen molar-refractivity contribution >= 4 is 46.3 Å². The molecule has 2 atom stereocenters. The summed E-state index contributed by atoms with van der Waals surface area (Å²) in [5.74, 6) is -0.229. The van der Waals surface area contributed by atoms with Gasteiger partial charge in [-0.1, -0.05) is 42.1 Å². The maximum atomic E-state index is 12.7. The normalized spacial score (nSPS) is 17.8. The van der Waals surface area contributed by atoms with Crippen molar-refractivity contribution in [2.45, 2.75) is 24.6 Å². The standard InChI is InChI=1S/C17H19NO5S2/c1-11(19)25-14(16(21)12-6-4-3-5-7-12)8-15(20)18-10-24-9-13(18)17(22)23-2/h3-7,13-14H,8-10H2,1-2H3/t13-,14?/m0/s1. The maximum absolute atomic E-state index is 12.7. The molecule has 1 saturated heterocycles. The third kappa shape index (κ3) is 5.09. The van der Waals surface area contributed by atoms with E-state index in [0.29, 0.717) is 17.2 Å². The molecule has 0 aliphatic carbocycles. The van der Waals surface area contributed by atoms with E-state index in [-0.39, 0.29) is 23.2 Å². The molecule has 2 rings (SSSR count). The molecule has 1 fully saturated rings. The Hall–Kier alpha value is -1.80. The number of methoxy groups -OCH3 is 1. The van der Waals surface area contributed by atoms with E-state index < -0.39 is 17.3 Å². The first-order chi connectivity index (χ1) is 11.9. The number of nitrogens with zero attached hydrogens (tertiary/aromatic N) is 1. The Labute approximate surface area is 154 Å². The minimum atomic E-state index is -0.809. The van der Waals surface area contributed by atoms with Crippen LogP contribution in [0.4, 0.5) is 0 Å². The molecule has 134 valence electrons. The number of hydrogen-bond acceptors (Lipinski definition) is 7. The molecule has 1 aromatic carbocycles. The summed E-state index contributed by atoms with van der Waals surface area (Å²) in [5, 5.41) is -1.04. The highest BCUT2D eigenvalue weighted by Crippen LogP contribution is 2.26. The molecule has 0 aromatic heterocycles. The van der Waals surface area contributed by atoms with E-state index >= 15 is 0 Å². The van der Waals surface area contributed by atoms with E-state index in [4.69, 9.17) is 4.74 Å². The van der Waals surface area contributed by atoms with Crippen LogP contribution in [0, 0.1) is 0 Å². The number of ketones is 1. The van der Waals surface area contributed by atoms with Gasteiger partial charge in [0, 0.05) is 24.7 Å². The first kappa shape index (κ1) is 19.5. The smallest absolute Gasteiger partial charge is 0.329 e. The number of hydrogen-bond donors (Lipinski definition) is 0. The molecule has 0 saturated carbocycles. The first-order valence-corrected chi connectivity index (χ1v) is 9.69. The maximum Gasteiger partial charge on any atom is 0.329 e. The Bertz CT molecular complexity index is 664. The van der Waals surface area contributed by atoms with Crippen LogP contribution in [0.5, 0.6) is 0 Å². The lowest BCUT2D eigenvalue weighted by Gasteiger charge is -2.23. The fourth-order valence-corrected chi connectivity index (χ4v) is 4.51. The number of carbonyl (C=O) groups excluding carboxylic acids is 4. The van der Waals surface area contributed by atoms with E-state index in [1.165, 1.54) is 30.7 Å². The Balaban J connectivity index is 2.13. The van der Waals surface area contributed by atoms with Crippen molar-refractivity contribution in [3.8, 4) is 0 Å². The van der Waals surface area contributed by atoms with Crippen LogP contribution in [0.1, 0.15) is 23.7 Å². The SMILES string of the molecule is COC(=O)[C@@H]1CSCN1C(=O)CC(SC(C)=O)C(=O)c1ccccc1. The van der Waals surface area contributed by atoms with Gasteiger partial charge in [-0.25, -0.2) is 4.79 Å². The zero-order valence-corrected chi connectivity index (χ0v) is 15.6. The van der Waals surface area contributed by atoms with Gasteiger partial charge in [0.1, 0.15) is 6.04 Å². The zero-order chi connectivity index (χ0) is 18.4. The van der Waals surface area contributed by atoms with E-state index in [1.54, 1.807) is 30.3 Å². The number of rotatable bonds is 6. The molecule has 8 heteroatoms. The summed E-state index contributed by atoms with van der Waals surface area (Å²) in [4.78, 5) is 50.0. The lowest BCUT2D eigenvalue weighted by Crippen LogP contribution is -2.43. The van der Waals surface area contributed by atoms with Crippen LogP contribution in [0.15, 0.2) is 30.3 Å². The molecular formula is C17H19NO5S2. The average molecular weight is 381 g/mol. The van der Waals surface area contributed by atoms with Crippen LogP contribution in [0.25, 0.3) is 0 Å². The van der Waals surface area contributed by atoms with Crippen molar-refractivity contribution in [3.05, 3.63) is 35.9 Å². The van der Waals surface area contributed by atoms with Gasteiger partial charge in [-0.3, -0.25) is 14.4 Å². The van der Waals surface area contributed by atoms with Gasteiger partial charge >= 0.3 is 5.97 Å². The van der Waals surface area contributed by atoms with Crippen LogP contribution in [-0.2, 0) is 19.1 Å². The van der Waals surface area contributed by atoms with Crippen LogP contribution in [0.3, 0.4) is 0 Å². The van der Waals surface area contributed by atoms with Crippen molar-refractivity contribution in [1.29, 1.82) is 0 Å². The van der Waals surface area contributed by atoms with Crippen LogP contribution in [0.2, 0.25) is 0 Å². The molecule has 6 nitrogen and oxygen atoms in total. The summed E-state index contributed by atoms with van der Waals surface area (Å²) in [6, 6.07) is 7.92. The largest absolute Gasteiger partial charge is 0.467 e. The Morgan fingerprint density at radius 3 is 2.56 bits per heavy atom. The van der Waals surface area contributed by atoms with E-state index in [0.717, 1.165) is 11.8 Å². The number of thioether (sulfide) groups is 2. The molecular weight excluding hydrogens is 362 g/mol. The molecule has 1 aliphatic rings. The van der Waals surface area contributed by atoms with E-state index in [2.05, 4.69) is 0 Å². The van der Waals surface area contributed by atoms with Crippen molar-refractivity contribution in [1.82, 2.24) is 4.90 Å². The molecule has 1 aromatic rings. The highest BCUT2D eigenvalue weighted by atomic mass is 32.2.